The maximum Gasteiger partial charge on any atom is 0.0855 e. The van der Waals surface area contributed by atoms with Crippen molar-refractivity contribution in [1.29, 1.82) is 0 Å². The van der Waals surface area contributed by atoms with Crippen molar-refractivity contribution < 1.29 is 0 Å². The van der Waals surface area contributed by atoms with Gasteiger partial charge in [0.2, 0.25) is 0 Å². The van der Waals surface area contributed by atoms with Crippen LogP contribution in [0.2, 0.25) is 0 Å². The molecule has 2 heteroatoms. The highest BCUT2D eigenvalue weighted by Crippen LogP contribution is 2.01. The average molecular weight is 134 g/mol. The van der Waals surface area contributed by atoms with E-state index in [-0.39, 0.29) is 0 Å². The molecule has 0 atom stereocenters. The van der Waals surface area contributed by atoms with Crippen molar-refractivity contribution in [2.24, 2.45) is 5.73 Å². The number of aromatic nitrogens is 1. The lowest BCUT2D eigenvalue weighted by molar-refractivity contribution is 1.25. The van der Waals surface area contributed by atoms with E-state index >= 15 is 0 Å². The Balaban J connectivity index is 2.96. The average Bonchev–Trinajstić information content (AvgIpc) is 2.05. The van der Waals surface area contributed by atoms with E-state index in [4.69, 9.17) is 5.73 Å². The van der Waals surface area contributed by atoms with Crippen LogP contribution in [0.4, 0.5) is 0 Å². The van der Waals surface area contributed by atoms with Gasteiger partial charge in [0.25, 0.3) is 0 Å². The highest BCUT2D eigenvalue weighted by atomic mass is 14.7. The summed E-state index contributed by atoms with van der Waals surface area (Å²) in [7, 11) is 0. The van der Waals surface area contributed by atoms with Crippen molar-refractivity contribution in [2.75, 3.05) is 0 Å². The second kappa shape index (κ2) is 3.01. The fourth-order valence-corrected chi connectivity index (χ4v) is 0.681. The highest BCUT2D eigenvalue weighted by molar-refractivity contribution is 5.58. The third-order valence-electron chi connectivity index (χ3n) is 1.27. The van der Waals surface area contributed by atoms with Gasteiger partial charge in [-0.15, -0.1) is 0 Å². The Hall–Kier alpha value is -1.31. The Morgan fingerprint density at radius 3 is 2.90 bits per heavy atom. The van der Waals surface area contributed by atoms with Crippen molar-refractivity contribution in [3.05, 3.63) is 36.2 Å². The van der Waals surface area contributed by atoms with E-state index in [0.717, 1.165) is 11.4 Å². The highest BCUT2D eigenvalue weighted by Gasteiger charge is 1.91. The van der Waals surface area contributed by atoms with Gasteiger partial charge in [-0.1, -0.05) is 12.1 Å². The molecule has 10 heavy (non-hydrogen) atoms. The molecule has 0 unspecified atom stereocenters. The van der Waals surface area contributed by atoms with Gasteiger partial charge in [-0.05, 0) is 19.1 Å². The molecule has 0 saturated heterocycles. The number of pyridine rings is 1. The van der Waals surface area contributed by atoms with Gasteiger partial charge in [0.1, 0.15) is 0 Å². The number of allylic oxidation sites excluding steroid dienone is 1. The number of nitrogens with two attached hydrogens (primary N) is 1. The Morgan fingerprint density at radius 1 is 1.60 bits per heavy atom. The Bertz CT molecular complexity index is 226. The van der Waals surface area contributed by atoms with Crippen LogP contribution >= 0.6 is 0 Å². The molecule has 1 rings (SSSR count). The Morgan fingerprint density at radius 2 is 2.40 bits per heavy atom. The zero-order chi connectivity index (χ0) is 7.40. The standard InChI is InChI=1S/C8H10N2/c1-2-7(9)8-5-3-4-6-10-8/h2-6H,9H2,1H3/b7-2+. The van der Waals surface area contributed by atoms with E-state index in [9.17, 15) is 0 Å². The number of rotatable bonds is 1. The second-order valence-corrected chi connectivity index (χ2v) is 1.96. The van der Waals surface area contributed by atoms with Crippen LogP contribution in [0.5, 0.6) is 0 Å². The van der Waals surface area contributed by atoms with E-state index in [1.165, 1.54) is 0 Å². The zero-order valence-corrected chi connectivity index (χ0v) is 5.91. The zero-order valence-electron chi connectivity index (χ0n) is 5.91. The summed E-state index contributed by atoms with van der Waals surface area (Å²) >= 11 is 0. The lowest BCUT2D eigenvalue weighted by atomic mass is 10.3. The summed E-state index contributed by atoms with van der Waals surface area (Å²) in [5, 5.41) is 0. The van der Waals surface area contributed by atoms with E-state index in [1.54, 1.807) is 6.20 Å². The summed E-state index contributed by atoms with van der Waals surface area (Å²) in [5.74, 6) is 0. The number of hydrogen-bond donors (Lipinski definition) is 1. The first-order valence-electron chi connectivity index (χ1n) is 3.18. The molecule has 0 amide bonds. The second-order valence-electron chi connectivity index (χ2n) is 1.96. The number of hydrogen-bond acceptors (Lipinski definition) is 2. The van der Waals surface area contributed by atoms with Crippen molar-refractivity contribution in [1.82, 2.24) is 4.98 Å². The van der Waals surface area contributed by atoms with Gasteiger partial charge in [-0.2, -0.15) is 0 Å². The minimum Gasteiger partial charge on any atom is -0.397 e. The van der Waals surface area contributed by atoms with Crippen molar-refractivity contribution in [3.63, 3.8) is 0 Å². The lowest BCUT2D eigenvalue weighted by Crippen LogP contribution is -1.96. The molecule has 0 aliphatic heterocycles. The molecule has 2 N–H and O–H groups in total. The summed E-state index contributed by atoms with van der Waals surface area (Å²) in [6, 6.07) is 5.67. The maximum absolute atomic E-state index is 5.59. The molecule has 52 valence electrons. The molecule has 1 aromatic heterocycles. The van der Waals surface area contributed by atoms with Crippen LogP contribution in [0.25, 0.3) is 5.70 Å². The quantitative estimate of drug-likeness (QED) is 0.630. The van der Waals surface area contributed by atoms with E-state index in [0.29, 0.717) is 0 Å². The monoisotopic (exact) mass is 134 g/mol. The molecule has 0 spiro atoms. The normalized spacial score (nSPS) is 11.5. The Labute approximate surface area is 60.4 Å². The van der Waals surface area contributed by atoms with Crippen LogP contribution in [0, 0.1) is 0 Å². The summed E-state index contributed by atoms with van der Waals surface area (Å²) in [5.41, 5.74) is 7.15. The molecule has 0 aliphatic rings. The van der Waals surface area contributed by atoms with Gasteiger partial charge < -0.3 is 5.73 Å². The van der Waals surface area contributed by atoms with Crippen LogP contribution in [-0.4, -0.2) is 4.98 Å². The predicted molar refractivity (Wildman–Crippen MR) is 42.1 cm³/mol. The molecular formula is C8H10N2. The molecule has 0 aliphatic carbocycles. The first kappa shape index (κ1) is 6.81. The summed E-state index contributed by atoms with van der Waals surface area (Å²) in [4.78, 5) is 4.06. The predicted octanol–water partition coefficient (Wildman–Crippen LogP) is 1.40. The van der Waals surface area contributed by atoms with Gasteiger partial charge in [0, 0.05) is 6.20 Å². The molecule has 1 aromatic rings. The van der Waals surface area contributed by atoms with Crippen molar-refractivity contribution in [2.45, 2.75) is 6.92 Å². The van der Waals surface area contributed by atoms with Gasteiger partial charge in [-0.25, -0.2) is 0 Å². The van der Waals surface area contributed by atoms with Crippen LogP contribution in [0.1, 0.15) is 12.6 Å². The third kappa shape index (κ3) is 1.35. The van der Waals surface area contributed by atoms with Crippen molar-refractivity contribution in [3.8, 4) is 0 Å². The largest absolute Gasteiger partial charge is 0.397 e. The maximum atomic E-state index is 5.59. The number of nitrogens with zero attached hydrogens (tertiary/aromatic N) is 1. The van der Waals surface area contributed by atoms with Gasteiger partial charge >= 0.3 is 0 Å². The van der Waals surface area contributed by atoms with Crippen LogP contribution in [-0.2, 0) is 0 Å². The first-order valence-corrected chi connectivity index (χ1v) is 3.18. The summed E-state index contributed by atoms with van der Waals surface area (Å²) in [6.45, 7) is 1.89. The molecule has 0 saturated carbocycles. The van der Waals surface area contributed by atoms with Gasteiger partial charge in [-0.3, -0.25) is 4.98 Å². The molecule has 2 nitrogen and oxygen atoms in total. The smallest absolute Gasteiger partial charge is 0.0855 e. The van der Waals surface area contributed by atoms with Crippen LogP contribution < -0.4 is 5.73 Å². The fraction of sp³-hybridized carbons (Fsp3) is 0.125. The van der Waals surface area contributed by atoms with E-state index in [1.807, 2.05) is 31.2 Å². The first-order chi connectivity index (χ1) is 4.84. The van der Waals surface area contributed by atoms with Crippen LogP contribution in [0.15, 0.2) is 30.5 Å². The fourth-order valence-electron chi connectivity index (χ4n) is 0.681. The molecule has 0 aromatic carbocycles. The summed E-state index contributed by atoms with van der Waals surface area (Å²) < 4.78 is 0. The Kier molecular flexibility index (Phi) is 2.05. The van der Waals surface area contributed by atoms with Gasteiger partial charge in [0.05, 0.1) is 11.4 Å². The molecule has 0 bridgehead atoms. The SMILES string of the molecule is C/C=C(/N)c1ccccn1. The topological polar surface area (TPSA) is 38.9 Å². The molecule has 0 fully saturated rings. The molecular weight excluding hydrogens is 124 g/mol. The lowest BCUT2D eigenvalue weighted by Gasteiger charge is -1.96. The summed E-state index contributed by atoms with van der Waals surface area (Å²) in [6.07, 6.45) is 3.56. The van der Waals surface area contributed by atoms with Crippen molar-refractivity contribution >= 4 is 5.70 Å². The van der Waals surface area contributed by atoms with E-state index in [2.05, 4.69) is 4.98 Å². The molecule has 0 radical (unpaired) electrons. The minimum absolute atomic E-state index is 0.723. The third-order valence-corrected chi connectivity index (χ3v) is 1.27. The van der Waals surface area contributed by atoms with Crippen LogP contribution in [0.3, 0.4) is 0 Å². The van der Waals surface area contributed by atoms with Gasteiger partial charge in [0.15, 0.2) is 0 Å². The molecule has 1 heterocycles. The minimum atomic E-state index is 0.723. The van der Waals surface area contributed by atoms with E-state index < -0.39 is 0 Å².